The van der Waals surface area contributed by atoms with E-state index in [1.165, 1.54) is 75.6 Å². The van der Waals surface area contributed by atoms with Gasteiger partial charge in [-0.3, -0.25) is 4.79 Å². The number of halogens is 4. The zero-order valence-electron chi connectivity index (χ0n) is 19.5. The molecule has 6 nitrogen and oxygen atoms in total. The van der Waals surface area contributed by atoms with Crippen molar-refractivity contribution in [3.05, 3.63) is 71.5 Å². The van der Waals surface area contributed by atoms with E-state index in [0.29, 0.717) is 16.3 Å². The molecule has 3 aromatic rings. The molecular weight excluding hydrogens is 502 g/mol. The van der Waals surface area contributed by atoms with Crippen LogP contribution in [0.25, 0.3) is 10.8 Å². The van der Waals surface area contributed by atoms with Crippen molar-refractivity contribution in [2.24, 2.45) is 0 Å². The average Bonchev–Trinajstić information content (AvgIpc) is 2.80. The highest BCUT2D eigenvalue weighted by molar-refractivity contribution is 8.00. The van der Waals surface area contributed by atoms with Gasteiger partial charge in [0.25, 0.3) is 5.91 Å². The van der Waals surface area contributed by atoms with Gasteiger partial charge in [0.1, 0.15) is 18.2 Å². The zero-order valence-corrected chi connectivity index (χ0v) is 20.3. The van der Waals surface area contributed by atoms with Crippen molar-refractivity contribution in [2.75, 3.05) is 7.11 Å². The third-order valence-electron chi connectivity index (χ3n) is 5.46. The molecule has 0 spiro atoms. The maximum atomic E-state index is 13.8. The third kappa shape index (κ3) is 6.67. The Labute approximate surface area is 208 Å². The van der Waals surface area contributed by atoms with E-state index >= 15 is 0 Å². The van der Waals surface area contributed by atoms with Gasteiger partial charge in [-0.05, 0) is 73.0 Å². The van der Waals surface area contributed by atoms with Gasteiger partial charge in [-0.2, -0.15) is 13.2 Å². The Morgan fingerprint density at radius 1 is 1.06 bits per heavy atom. The number of carboxylic acids is 1. The van der Waals surface area contributed by atoms with E-state index in [1.807, 2.05) is 0 Å². The minimum atomic E-state index is -4.41. The number of thioether (sulfide) groups is 1. The smallest absolute Gasteiger partial charge is 0.446 e. The van der Waals surface area contributed by atoms with E-state index in [4.69, 9.17) is 9.47 Å². The Balaban J connectivity index is 1.93. The highest BCUT2D eigenvalue weighted by atomic mass is 32.2. The maximum absolute atomic E-state index is 13.8. The molecule has 1 atom stereocenters. The number of carbonyl (C=O) groups excluding carboxylic acids is 1. The molecule has 3 aromatic carbocycles. The van der Waals surface area contributed by atoms with E-state index in [9.17, 15) is 32.3 Å². The Hall–Kier alpha value is -3.31. The Morgan fingerprint density at radius 2 is 1.72 bits per heavy atom. The molecule has 0 fully saturated rings. The first-order valence-electron chi connectivity index (χ1n) is 10.6. The molecule has 2 N–H and O–H groups in total. The second kappa shape index (κ2) is 10.8. The lowest BCUT2D eigenvalue weighted by molar-refractivity contribution is -0.146. The van der Waals surface area contributed by atoms with Crippen LogP contribution in [0.1, 0.15) is 29.8 Å². The zero-order chi connectivity index (χ0) is 26.7. The molecule has 192 valence electrons. The van der Waals surface area contributed by atoms with Crippen LogP contribution in [0.4, 0.5) is 17.6 Å². The normalized spacial score (nSPS) is 12.9. The summed E-state index contributed by atoms with van der Waals surface area (Å²) in [5.41, 5.74) is -5.13. The standard InChI is InChI=1S/C25H23F4NO5S/c1-24(2,34-3)21(23(32)33)30-22(31)19-10-6-15-12-16(26)7-11-18(15)20(19)35-13-14-4-8-17(9-5-14)36-25(27,28)29/h4-12,21H,13H2,1-3H3,(H,30,31)(H,32,33)/t21-/m1/s1. The average molecular weight is 526 g/mol. The molecule has 0 saturated carbocycles. The van der Waals surface area contributed by atoms with Gasteiger partial charge in [0.05, 0.1) is 11.2 Å². The minimum absolute atomic E-state index is 0.00323. The number of aliphatic carboxylic acids is 1. The molecule has 0 aliphatic carbocycles. The SMILES string of the molecule is COC(C)(C)[C@H](NC(=O)c1ccc2cc(F)ccc2c1OCc1ccc(SC(F)(F)F)cc1)C(=O)O. The van der Waals surface area contributed by atoms with E-state index in [2.05, 4.69) is 5.32 Å². The second-order valence-corrected chi connectivity index (χ2v) is 9.48. The number of ether oxygens (including phenoxy) is 2. The van der Waals surface area contributed by atoms with Crippen molar-refractivity contribution >= 4 is 34.4 Å². The Morgan fingerprint density at radius 3 is 2.31 bits per heavy atom. The number of hydrogen-bond donors (Lipinski definition) is 2. The lowest BCUT2D eigenvalue weighted by atomic mass is 9.97. The molecule has 0 radical (unpaired) electrons. The highest BCUT2D eigenvalue weighted by Gasteiger charge is 2.37. The van der Waals surface area contributed by atoms with Crippen LogP contribution in [0, 0.1) is 5.82 Å². The van der Waals surface area contributed by atoms with E-state index < -0.39 is 34.8 Å². The summed E-state index contributed by atoms with van der Waals surface area (Å²) in [6, 6.07) is 10.9. The summed E-state index contributed by atoms with van der Waals surface area (Å²) in [4.78, 5) is 24.9. The van der Waals surface area contributed by atoms with Crippen LogP contribution >= 0.6 is 11.8 Å². The molecular formula is C25H23F4NO5S. The van der Waals surface area contributed by atoms with E-state index in [1.54, 1.807) is 0 Å². The lowest BCUT2D eigenvalue weighted by Gasteiger charge is -2.30. The van der Waals surface area contributed by atoms with Crippen LogP contribution in [0.3, 0.4) is 0 Å². The number of nitrogens with one attached hydrogen (secondary N) is 1. The van der Waals surface area contributed by atoms with Gasteiger partial charge in [0.2, 0.25) is 0 Å². The van der Waals surface area contributed by atoms with Crippen LogP contribution in [0.5, 0.6) is 5.75 Å². The molecule has 0 bridgehead atoms. The Kier molecular flexibility index (Phi) is 8.15. The molecule has 0 aliphatic rings. The van der Waals surface area contributed by atoms with Crippen molar-refractivity contribution in [2.45, 2.75) is 42.5 Å². The third-order valence-corrected chi connectivity index (χ3v) is 6.20. The van der Waals surface area contributed by atoms with Gasteiger partial charge in [-0.1, -0.05) is 18.2 Å². The van der Waals surface area contributed by atoms with Crippen LogP contribution < -0.4 is 10.1 Å². The van der Waals surface area contributed by atoms with Gasteiger partial charge in [-0.25, -0.2) is 9.18 Å². The molecule has 0 aliphatic heterocycles. The van der Waals surface area contributed by atoms with Crippen LogP contribution in [0.2, 0.25) is 0 Å². The first-order chi connectivity index (χ1) is 16.8. The molecule has 0 heterocycles. The lowest BCUT2D eigenvalue weighted by Crippen LogP contribution is -2.55. The summed E-state index contributed by atoms with van der Waals surface area (Å²) in [5.74, 6) is -2.50. The quantitative estimate of drug-likeness (QED) is 0.272. The minimum Gasteiger partial charge on any atom is -0.487 e. The van der Waals surface area contributed by atoms with Gasteiger partial charge in [-0.15, -0.1) is 0 Å². The number of methoxy groups -OCH3 is 1. The summed E-state index contributed by atoms with van der Waals surface area (Å²) < 4.78 is 62.6. The van der Waals surface area contributed by atoms with Gasteiger partial charge >= 0.3 is 11.5 Å². The van der Waals surface area contributed by atoms with E-state index in [-0.39, 0.29) is 34.6 Å². The van der Waals surface area contributed by atoms with Crippen molar-refractivity contribution in [3.8, 4) is 5.75 Å². The first kappa shape index (κ1) is 27.3. The number of alkyl halides is 3. The monoisotopic (exact) mass is 525 g/mol. The van der Waals surface area contributed by atoms with Crippen molar-refractivity contribution in [1.82, 2.24) is 5.32 Å². The first-order valence-corrected chi connectivity index (χ1v) is 11.4. The fourth-order valence-corrected chi connectivity index (χ4v) is 3.95. The summed E-state index contributed by atoms with van der Waals surface area (Å²) in [6.07, 6.45) is 0. The molecule has 0 unspecified atom stereocenters. The van der Waals surface area contributed by atoms with E-state index in [0.717, 1.165) is 0 Å². The van der Waals surface area contributed by atoms with Crippen LogP contribution in [-0.2, 0) is 16.1 Å². The van der Waals surface area contributed by atoms with Crippen LogP contribution in [0.15, 0.2) is 59.5 Å². The summed E-state index contributed by atoms with van der Waals surface area (Å²) in [5, 5.41) is 12.9. The van der Waals surface area contributed by atoms with Crippen molar-refractivity contribution in [3.63, 3.8) is 0 Å². The van der Waals surface area contributed by atoms with Crippen molar-refractivity contribution < 1.29 is 41.7 Å². The molecule has 1 amide bonds. The second-order valence-electron chi connectivity index (χ2n) is 8.34. The molecule has 36 heavy (non-hydrogen) atoms. The molecule has 0 aromatic heterocycles. The number of rotatable bonds is 9. The van der Waals surface area contributed by atoms with Gasteiger partial charge in [0, 0.05) is 17.4 Å². The van der Waals surface area contributed by atoms with Gasteiger partial charge in [0.15, 0.2) is 6.04 Å². The fraction of sp³-hybridized carbons (Fsp3) is 0.280. The number of carboxylic acid groups (broad SMARTS) is 1. The molecule has 11 heteroatoms. The number of amides is 1. The van der Waals surface area contributed by atoms with Crippen LogP contribution in [-0.4, -0.2) is 41.2 Å². The largest absolute Gasteiger partial charge is 0.487 e. The topological polar surface area (TPSA) is 84.9 Å². The number of fused-ring (bicyclic) bond motifs is 1. The maximum Gasteiger partial charge on any atom is 0.446 e. The summed E-state index contributed by atoms with van der Waals surface area (Å²) in [6.45, 7) is 2.90. The number of carbonyl (C=O) groups is 2. The van der Waals surface area contributed by atoms with Crippen molar-refractivity contribution in [1.29, 1.82) is 0 Å². The molecule has 3 rings (SSSR count). The predicted octanol–water partition coefficient (Wildman–Crippen LogP) is 5.78. The number of hydrogen-bond acceptors (Lipinski definition) is 5. The van der Waals surface area contributed by atoms with Gasteiger partial charge < -0.3 is 19.9 Å². The summed E-state index contributed by atoms with van der Waals surface area (Å²) in [7, 11) is 1.32. The highest BCUT2D eigenvalue weighted by Crippen LogP contribution is 2.37. The predicted molar refractivity (Wildman–Crippen MR) is 127 cm³/mol. The fourth-order valence-electron chi connectivity index (χ4n) is 3.41. The summed E-state index contributed by atoms with van der Waals surface area (Å²) >= 11 is -0.242. The number of benzene rings is 3. The Bertz CT molecular complexity index is 1260. The molecule has 0 saturated heterocycles.